The third kappa shape index (κ3) is 4.09. The van der Waals surface area contributed by atoms with E-state index in [1.165, 1.54) is 0 Å². The Bertz CT molecular complexity index is 723. The van der Waals surface area contributed by atoms with Gasteiger partial charge in [0.05, 0.1) is 20.3 Å². The maximum atomic E-state index is 6.32. The maximum Gasteiger partial charge on any atom is 0.190 e. The normalized spacial score (nSPS) is 35.9. The second kappa shape index (κ2) is 7.50. The molecule has 0 unspecified atom stereocenters. The van der Waals surface area contributed by atoms with Crippen molar-refractivity contribution in [3.05, 3.63) is 28.2 Å². The van der Waals surface area contributed by atoms with E-state index in [2.05, 4.69) is 15.9 Å². The van der Waals surface area contributed by atoms with Gasteiger partial charge in [-0.05, 0) is 51.5 Å². The lowest BCUT2D eigenvalue weighted by atomic mass is 10.1. The van der Waals surface area contributed by atoms with E-state index in [0.29, 0.717) is 13.2 Å². The summed E-state index contributed by atoms with van der Waals surface area (Å²) in [5, 5.41) is 0. The highest BCUT2D eigenvalue weighted by molar-refractivity contribution is 9.10. The summed E-state index contributed by atoms with van der Waals surface area (Å²) in [4.78, 5) is 0. The van der Waals surface area contributed by atoms with E-state index in [4.69, 9.17) is 33.2 Å². The molecule has 0 aliphatic carbocycles. The van der Waals surface area contributed by atoms with Crippen molar-refractivity contribution in [1.82, 2.24) is 0 Å². The van der Waals surface area contributed by atoms with E-state index in [0.717, 1.165) is 15.8 Å². The quantitative estimate of drug-likeness (QED) is 0.669. The Morgan fingerprint density at radius 1 is 1.07 bits per heavy atom. The van der Waals surface area contributed by atoms with Crippen molar-refractivity contribution in [2.45, 2.75) is 76.6 Å². The molecule has 156 valence electrons. The molecule has 1 aromatic carbocycles. The van der Waals surface area contributed by atoms with Crippen molar-refractivity contribution < 1.29 is 33.2 Å². The van der Waals surface area contributed by atoms with Crippen LogP contribution in [0.5, 0.6) is 5.75 Å². The fraction of sp³-hybridized carbons (Fsp3) is 0.700. The number of benzene rings is 1. The van der Waals surface area contributed by atoms with Gasteiger partial charge in [-0.2, -0.15) is 0 Å². The summed E-state index contributed by atoms with van der Waals surface area (Å²) in [6.45, 7) is 8.33. The van der Waals surface area contributed by atoms with Crippen molar-refractivity contribution in [2.24, 2.45) is 0 Å². The van der Waals surface area contributed by atoms with Crippen molar-refractivity contribution in [3.63, 3.8) is 0 Å². The Hall–Kier alpha value is -0.740. The van der Waals surface area contributed by atoms with Crippen LogP contribution < -0.4 is 4.74 Å². The summed E-state index contributed by atoms with van der Waals surface area (Å²) in [5.74, 6) is -0.590. The van der Waals surface area contributed by atoms with Gasteiger partial charge in [0.25, 0.3) is 0 Å². The van der Waals surface area contributed by atoms with E-state index < -0.39 is 17.9 Å². The van der Waals surface area contributed by atoms with Crippen LogP contribution in [-0.4, -0.2) is 56.0 Å². The van der Waals surface area contributed by atoms with Gasteiger partial charge < -0.3 is 33.2 Å². The Morgan fingerprint density at radius 3 is 2.54 bits per heavy atom. The van der Waals surface area contributed by atoms with Crippen LogP contribution in [0.3, 0.4) is 0 Å². The molecule has 0 saturated carbocycles. The molecule has 4 rings (SSSR count). The summed E-state index contributed by atoms with van der Waals surface area (Å²) < 4.78 is 42.5. The average molecular weight is 459 g/mol. The average Bonchev–Trinajstić information content (AvgIpc) is 3.23. The molecule has 0 radical (unpaired) electrons. The van der Waals surface area contributed by atoms with Crippen molar-refractivity contribution in [2.75, 3.05) is 13.7 Å². The summed E-state index contributed by atoms with van der Waals surface area (Å²) in [6, 6.07) is 5.78. The molecule has 7 nitrogen and oxygen atoms in total. The van der Waals surface area contributed by atoms with Gasteiger partial charge in [-0.3, -0.25) is 0 Å². The van der Waals surface area contributed by atoms with E-state index >= 15 is 0 Å². The number of hydrogen-bond acceptors (Lipinski definition) is 7. The molecule has 28 heavy (non-hydrogen) atoms. The molecule has 3 saturated heterocycles. The third-order valence-corrected chi connectivity index (χ3v) is 5.88. The van der Waals surface area contributed by atoms with Crippen LogP contribution >= 0.6 is 15.9 Å². The van der Waals surface area contributed by atoms with E-state index in [1.54, 1.807) is 7.11 Å². The monoisotopic (exact) mass is 458 g/mol. The van der Waals surface area contributed by atoms with Gasteiger partial charge in [-0.25, -0.2) is 0 Å². The van der Waals surface area contributed by atoms with Gasteiger partial charge in [0.2, 0.25) is 0 Å². The Labute approximate surface area is 173 Å². The molecule has 3 heterocycles. The number of fused-ring (bicyclic) bond motifs is 1. The molecule has 8 heteroatoms. The van der Waals surface area contributed by atoms with E-state index in [1.807, 2.05) is 45.9 Å². The Kier molecular flexibility index (Phi) is 5.50. The maximum absolute atomic E-state index is 6.32. The zero-order valence-electron chi connectivity index (χ0n) is 16.8. The fourth-order valence-electron chi connectivity index (χ4n) is 3.85. The summed E-state index contributed by atoms with van der Waals surface area (Å²) >= 11 is 3.57. The largest absolute Gasteiger partial charge is 0.497 e. The molecule has 3 aliphatic heterocycles. The predicted octanol–water partition coefficient (Wildman–Crippen LogP) is 3.37. The van der Waals surface area contributed by atoms with Crippen molar-refractivity contribution in [3.8, 4) is 5.75 Å². The van der Waals surface area contributed by atoms with Gasteiger partial charge in [-0.1, -0.05) is 15.9 Å². The molecular formula is C20H27BrO7. The first-order valence-corrected chi connectivity index (χ1v) is 10.2. The molecule has 0 aromatic heterocycles. The first-order valence-electron chi connectivity index (χ1n) is 9.44. The predicted molar refractivity (Wildman–Crippen MR) is 103 cm³/mol. The molecule has 3 aliphatic rings. The molecule has 0 amide bonds. The lowest BCUT2D eigenvalue weighted by Crippen LogP contribution is -2.44. The minimum Gasteiger partial charge on any atom is -0.497 e. The SMILES string of the molecule is COc1ccc(Br)c(CO[C@H]2[C@H]3OC(C)(C)O[C@H]3O[C@@H]2[C@H]2COC(C)(C)O2)c1. The first kappa shape index (κ1) is 20.5. The van der Waals surface area contributed by atoms with E-state index in [9.17, 15) is 0 Å². The topological polar surface area (TPSA) is 64.6 Å². The van der Waals surface area contributed by atoms with Gasteiger partial charge in [0.15, 0.2) is 17.9 Å². The lowest BCUT2D eigenvalue weighted by molar-refractivity contribution is -0.236. The molecule has 0 N–H and O–H groups in total. The standard InChI is InChI=1S/C20H27BrO7/c1-19(2)24-10-14(26-19)15-16(17-18(25-15)28-20(3,4)27-17)23-9-11-8-12(22-5)6-7-13(11)21/h6-8,14-18H,9-10H2,1-5H3/t14-,15-,16-,17-,18-/m1/s1. The molecule has 5 atom stereocenters. The Balaban J connectivity index is 1.52. The second-order valence-corrected chi connectivity index (χ2v) is 9.02. The zero-order valence-corrected chi connectivity index (χ0v) is 18.4. The van der Waals surface area contributed by atoms with Crippen LogP contribution in [0.2, 0.25) is 0 Å². The number of methoxy groups -OCH3 is 1. The molecule has 0 spiro atoms. The number of halogens is 1. The molecule has 0 bridgehead atoms. The van der Waals surface area contributed by atoms with Crippen molar-refractivity contribution in [1.29, 1.82) is 0 Å². The van der Waals surface area contributed by atoms with Gasteiger partial charge in [-0.15, -0.1) is 0 Å². The molecule has 1 aromatic rings. The summed E-state index contributed by atoms with van der Waals surface area (Å²) in [7, 11) is 1.64. The minimum absolute atomic E-state index is 0.255. The van der Waals surface area contributed by atoms with E-state index in [-0.39, 0.29) is 24.4 Å². The molecular weight excluding hydrogens is 432 g/mol. The van der Waals surface area contributed by atoms with Gasteiger partial charge in [0, 0.05) is 4.47 Å². The van der Waals surface area contributed by atoms with Crippen LogP contribution in [0.25, 0.3) is 0 Å². The van der Waals surface area contributed by atoms with Crippen LogP contribution in [0, 0.1) is 0 Å². The highest BCUT2D eigenvalue weighted by Crippen LogP contribution is 2.42. The lowest BCUT2D eigenvalue weighted by Gasteiger charge is -2.29. The highest BCUT2D eigenvalue weighted by Gasteiger charge is 2.58. The van der Waals surface area contributed by atoms with Crippen LogP contribution in [0.1, 0.15) is 33.3 Å². The number of hydrogen-bond donors (Lipinski definition) is 0. The third-order valence-electron chi connectivity index (χ3n) is 5.11. The first-order chi connectivity index (χ1) is 13.2. The van der Waals surface area contributed by atoms with Gasteiger partial charge in [0.1, 0.15) is 30.2 Å². The molecule has 3 fully saturated rings. The summed E-state index contributed by atoms with van der Waals surface area (Å²) in [6.07, 6.45) is -1.79. The highest BCUT2D eigenvalue weighted by atomic mass is 79.9. The minimum atomic E-state index is -0.717. The van der Waals surface area contributed by atoms with Crippen LogP contribution in [-0.2, 0) is 35.0 Å². The fourth-order valence-corrected chi connectivity index (χ4v) is 4.21. The van der Waals surface area contributed by atoms with Crippen LogP contribution in [0.15, 0.2) is 22.7 Å². The second-order valence-electron chi connectivity index (χ2n) is 8.17. The Morgan fingerprint density at radius 2 is 1.86 bits per heavy atom. The van der Waals surface area contributed by atoms with Gasteiger partial charge >= 0.3 is 0 Å². The van der Waals surface area contributed by atoms with Crippen LogP contribution in [0.4, 0.5) is 0 Å². The smallest absolute Gasteiger partial charge is 0.190 e. The van der Waals surface area contributed by atoms with Crippen molar-refractivity contribution >= 4 is 15.9 Å². The summed E-state index contributed by atoms with van der Waals surface area (Å²) in [5.41, 5.74) is 0.976. The number of ether oxygens (including phenoxy) is 7. The number of rotatable bonds is 5. The zero-order chi connectivity index (χ0) is 20.1.